The number of ketones is 1. The summed E-state index contributed by atoms with van der Waals surface area (Å²) in [7, 11) is 3.28. The van der Waals surface area contributed by atoms with Crippen LogP contribution < -0.4 is 14.8 Å². The number of aromatic nitrogens is 1. The van der Waals surface area contributed by atoms with Crippen molar-refractivity contribution in [3.63, 3.8) is 0 Å². The fourth-order valence-electron chi connectivity index (χ4n) is 4.57. The molecule has 0 amide bonds. The van der Waals surface area contributed by atoms with Gasteiger partial charge in [-0.1, -0.05) is 6.07 Å². The summed E-state index contributed by atoms with van der Waals surface area (Å²) in [6.07, 6.45) is 4.14. The Hall–Kier alpha value is -3.34. The summed E-state index contributed by atoms with van der Waals surface area (Å²) in [6.45, 7) is 0. The van der Waals surface area contributed by atoms with Crippen LogP contribution >= 0.6 is 0 Å². The molecule has 146 valence electrons. The van der Waals surface area contributed by atoms with Crippen molar-refractivity contribution in [2.75, 3.05) is 19.5 Å². The molecule has 2 aromatic carbocycles. The van der Waals surface area contributed by atoms with E-state index < -0.39 is 0 Å². The zero-order valence-electron chi connectivity index (χ0n) is 16.5. The van der Waals surface area contributed by atoms with Gasteiger partial charge in [0.25, 0.3) is 0 Å². The molecule has 29 heavy (non-hydrogen) atoms. The number of carbonyl (C=O) groups excluding carboxylic acids is 1. The molecule has 1 aliphatic heterocycles. The summed E-state index contributed by atoms with van der Waals surface area (Å²) >= 11 is 0. The fraction of sp³-hybridized carbons (Fsp3) is 0.250. The minimum Gasteiger partial charge on any atom is -0.497 e. The SMILES string of the molecule is COc1ccc(C2Nc3ccc4ncccc4c3C3=C2C(=O)CCC3)c(OC)c1. The molecule has 2 heterocycles. The number of hydrogen-bond donors (Lipinski definition) is 1. The van der Waals surface area contributed by atoms with Crippen LogP contribution in [-0.2, 0) is 4.79 Å². The second kappa shape index (κ2) is 6.92. The van der Waals surface area contributed by atoms with Crippen molar-refractivity contribution in [3.05, 3.63) is 65.4 Å². The molecule has 1 unspecified atom stereocenters. The molecule has 0 saturated heterocycles. The van der Waals surface area contributed by atoms with E-state index in [1.807, 2.05) is 30.3 Å². The van der Waals surface area contributed by atoms with Crippen LogP contribution in [0, 0.1) is 0 Å². The minimum atomic E-state index is -0.250. The van der Waals surface area contributed by atoms with Crippen LogP contribution in [0.4, 0.5) is 5.69 Å². The lowest BCUT2D eigenvalue weighted by Gasteiger charge is -2.35. The number of hydrogen-bond acceptors (Lipinski definition) is 5. The first-order valence-corrected chi connectivity index (χ1v) is 9.84. The van der Waals surface area contributed by atoms with Gasteiger partial charge in [0.2, 0.25) is 0 Å². The van der Waals surface area contributed by atoms with Gasteiger partial charge in [-0.15, -0.1) is 0 Å². The number of rotatable bonds is 3. The monoisotopic (exact) mass is 386 g/mol. The molecule has 0 saturated carbocycles. The summed E-state index contributed by atoms with van der Waals surface area (Å²) in [5, 5.41) is 4.70. The molecule has 1 N–H and O–H groups in total. The Morgan fingerprint density at radius 2 is 1.97 bits per heavy atom. The highest BCUT2D eigenvalue weighted by atomic mass is 16.5. The smallest absolute Gasteiger partial charge is 0.161 e. The summed E-state index contributed by atoms with van der Waals surface area (Å²) < 4.78 is 11.0. The first-order valence-electron chi connectivity index (χ1n) is 9.84. The Morgan fingerprint density at radius 1 is 1.07 bits per heavy atom. The van der Waals surface area contributed by atoms with Gasteiger partial charge in [0.15, 0.2) is 5.78 Å². The van der Waals surface area contributed by atoms with Gasteiger partial charge in [-0.25, -0.2) is 0 Å². The Kier molecular flexibility index (Phi) is 4.23. The van der Waals surface area contributed by atoms with Gasteiger partial charge in [0, 0.05) is 46.5 Å². The molecular formula is C24H22N2O3. The molecular weight excluding hydrogens is 364 g/mol. The number of Topliss-reactive ketones (excluding diaryl/α,β-unsaturated/α-hetero) is 1. The summed E-state index contributed by atoms with van der Waals surface area (Å²) in [6, 6.07) is 13.6. The van der Waals surface area contributed by atoms with E-state index in [2.05, 4.69) is 22.4 Å². The van der Waals surface area contributed by atoms with Gasteiger partial charge < -0.3 is 14.8 Å². The zero-order valence-corrected chi connectivity index (χ0v) is 16.5. The average Bonchev–Trinajstić information content (AvgIpc) is 2.77. The normalized spacial score (nSPS) is 18.1. The van der Waals surface area contributed by atoms with E-state index in [4.69, 9.17) is 9.47 Å². The molecule has 1 aromatic heterocycles. The number of fused-ring (bicyclic) bond motifs is 4. The van der Waals surface area contributed by atoms with Crippen LogP contribution in [0.1, 0.15) is 36.4 Å². The maximum absolute atomic E-state index is 13.1. The lowest BCUT2D eigenvalue weighted by molar-refractivity contribution is -0.116. The number of carbonyl (C=O) groups is 1. The summed E-state index contributed by atoms with van der Waals surface area (Å²) in [5.41, 5.74) is 6.01. The largest absolute Gasteiger partial charge is 0.497 e. The van der Waals surface area contributed by atoms with Crippen LogP contribution in [0.25, 0.3) is 16.5 Å². The van der Waals surface area contributed by atoms with Gasteiger partial charge in [-0.3, -0.25) is 9.78 Å². The molecule has 0 fully saturated rings. The first-order chi connectivity index (χ1) is 14.2. The number of allylic oxidation sites excluding steroid dienone is 1. The van der Waals surface area contributed by atoms with Crippen LogP contribution in [0.5, 0.6) is 11.5 Å². The predicted molar refractivity (Wildman–Crippen MR) is 113 cm³/mol. The number of methoxy groups -OCH3 is 2. The van der Waals surface area contributed by atoms with Crippen molar-refractivity contribution >= 4 is 27.9 Å². The van der Waals surface area contributed by atoms with Crippen molar-refractivity contribution in [1.82, 2.24) is 4.98 Å². The molecule has 5 nitrogen and oxygen atoms in total. The van der Waals surface area contributed by atoms with Gasteiger partial charge in [-0.2, -0.15) is 0 Å². The number of nitrogens with one attached hydrogen (secondary N) is 1. The number of nitrogens with zero attached hydrogens (tertiary/aromatic N) is 1. The molecule has 0 bridgehead atoms. The predicted octanol–water partition coefficient (Wildman–Crippen LogP) is 4.93. The molecule has 0 spiro atoms. The van der Waals surface area contributed by atoms with E-state index in [1.54, 1.807) is 20.4 Å². The highest BCUT2D eigenvalue weighted by Gasteiger charge is 2.36. The van der Waals surface area contributed by atoms with Gasteiger partial charge in [0.05, 0.1) is 25.8 Å². The third-order valence-corrected chi connectivity index (χ3v) is 5.88. The van der Waals surface area contributed by atoms with Gasteiger partial charge in [0.1, 0.15) is 11.5 Å². The highest BCUT2D eigenvalue weighted by Crippen LogP contribution is 2.49. The standard InChI is InChI=1S/C24H22N2O3/c1-28-14-8-9-16(21(13-14)29-2)24-23-17(5-3-7-20(23)27)22-15-6-4-12-25-18(15)10-11-19(22)26-24/h4,6,8-13,24,26H,3,5,7H2,1-2H3. The quantitative estimate of drug-likeness (QED) is 0.692. The lowest BCUT2D eigenvalue weighted by atomic mass is 9.77. The Bertz CT molecular complexity index is 1170. The maximum atomic E-state index is 13.1. The minimum absolute atomic E-state index is 0.202. The molecule has 5 rings (SSSR count). The summed E-state index contributed by atoms with van der Waals surface area (Å²) in [4.78, 5) is 17.6. The molecule has 5 heteroatoms. The van der Waals surface area contributed by atoms with Gasteiger partial charge in [-0.05, 0) is 48.7 Å². The fourth-order valence-corrected chi connectivity index (χ4v) is 4.57. The van der Waals surface area contributed by atoms with E-state index in [-0.39, 0.29) is 11.8 Å². The highest BCUT2D eigenvalue weighted by molar-refractivity contribution is 6.12. The maximum Gasteiger partial charge on any atom is 0.161 e. The van der Waals surface area contributed by atoms with Crippen molar-refractivity contribution in [2.24, 2.45) is 0 Å². The second-order valence-electron chi connectivity index (χ2n) is 7.41. The number of benzene rings is 2. The Balaban J connectivity index is 1.76. The van der Waals surface area contributed by atoms with E-state index in [0.717, 1.165) is 57.5 Å². The third kappa shape index (κ3) is 2.77. The van der Waals surface area contributed by atoms with Crippen molar-refractivity contribution in [2.45, 2.75) is 25.3 Å². The number of anilines is 1. The summed E-state index contributed by atoms with van der Waals surface area (Å²) in [5.74, 6) is 1.63. The van der Waals surface area contributed by atoms with Crippen LogP contribution in [0.15, 0.2) is 54.2 Å². The zero-order chi connectivity index (χ0) is 20.0. The second-order valence-corrected chi connectivity index (χ2v) is 7.41. The molecule has 3 aromatic rings. The van der Waals surface area contributed by atoms with Crippen molar-refractivity contribution < 1.29 is 14.3 Å². The van der Waals surface area contributed by atoms with Crippen molar-refractivity contribution in [1.29, 1.82) is 0 Å². The van der Waals surface area contributed by atoms with Gasteiger partial charge >= 0.3 is 0 Å². The van der Waals surface area contributed by atoms with Crippen LogP contribution in [-0.4, -0.2) is 25.0 Å². The first kappa shape index (κ1) is 17.7. The van der Waals surface area contributed by atoms with E-state index in [1.165, 1.54) is 0 Å². The molecule has 1 aliphatic carbocycles. The average molecular weight is 386 g/mol. The van der Waals surface area contributed by atoms with E-state index >= 15 is 0 Å². The Morgan fingerprint density at radius 3 is 2.79 bits per heavy atom. The van der Waals surface area contributed by atoms with Crippen molar-refractivity contribution in [3.8, 4) is 11.5 Å². The van der Waals surface area contributed by atoms with E-state index in [9.17, 15) is 4.79 Å². The topological polar surface area (TPSA) is 60.5 Å². The van der Waals surface area contributed by atoms with E-state index in [0.29, 0.717) is 12.2 Å². The number of pyridine rings is 1. The molecule has 0 radical (unpaired) electrons. The third-order valence-electron chi connectivity index (χ3n) is 5.88. The number of ether oxygens (including phenoxy) is 2. The van der Waals surface area contributed by atoms with Crippen LogP contribution in [0.2, 0.25) is 0 Å². The molecule has 1 atom stereocenters. The Labute approximate surface area is 169 Å². The van der Waals surface area contributed by atoms with Crippen LogP contribution in [0.3, 0.4) is 0 Å². The molecule has 2 aliphatic rings. The lowest BCUT2D eigenvalue weighted by Crippen LogP contribution is -2.27.